The van der Waals surface area contributed by atoms with Crippen LogP contribution in [-0.2, 0) is 13.1 Å². The molecule has 0 radical (unpaired) electrons. The molecule has 4 rings (SSSR count). The van der Waals surface area contributed by atoms with Gasteiger partial charge < -0.3 is 10.4 Å². The lowest BCUT2D eigenvalue weighted by Crippen LogP contribution is -2.29. The molecule has 5 nitrogen and oxygen atoms in total. The molecule has 2 amide bonds. The number of carbonyl (C=O) groups excluding carboxylic acids is 2. The molecule has 0 fully saturated rings. The molecule has 0 aromatic heterocycles. The molecule has 1 aliphatic heterocycles. The van der Waals surface area contributed by atoms with E-state index in [1.165, 1.54) is 4.90 Å². The molecule has 3 aromatic rings. The molecule has 0 aliphatic carbocycles. The van der Waals surface area contributed by atoms with Crippen LogP contribution in [0.2, 0.25) is 0 Å². The van der Waals surface area contributed by atoms with Crippen molar-refractivity contribution in [2.75, 3.05) is 13.2 Å². The second kappa shape index (κ2) is 8.61. The summed E-state index contributed by atoms with van der Waals surface area (Å²) in [6.45, 7) is 3.34. The first-order chi connectivity index (χ1) is 14.6. The van der Waals surface area contributed by atoms with E-state index in [1.54, 1.807) is 12.1 Å². The first kappa shape index (κ1) is 20.0. The maximum atomic E-state index is 13.0. The van der Waals surface area contributed by atoms with Crippen molar-refractivity contribution in [3.63, 3.8) is 0 Å². The Morgan fingerprint density at radius 2 is 1.63 bits per heavy atom. The second-order valence-corrected chi connectivity index (χ2v) is 7.43. The standard InChI is InChI=1S/C25H24N2O3/c1-17-20(8-5-9-21(17)19-6-3-2-4-7-19)16-27-24(29)22-11-10-18(15-26-12-13-28)14-23(22)25(27)30/h2-11,14,26,28H,12-13,15-16H2,1H3. The maximum absolute atomic E-state index is 13.0. The minimum absolute atomic E-state index is 0.0531. The number of aliphatic hydroxyl groups is 1. The lowest BCUT2D eigenvalue weighted by atomic mass is 9.96. The fraction of sp³-hybridized carbons (Fsp3) is 0.200. The van der Waals surface area contributed by atoms with Crippen LogP contribution >= 0.6 is 0 Å². The Morgan fingerprint density at radius 3 is 2.40 bits per heavy atom. The van der Waals surface area contributed by atoms with Crippen LogP contribution in [0.5, 0.6) is 0 Å². The van der Waals surface area contributed by atoms with E-state index in [-0.39, 0.29) is 25.0 Å². The Bertz CT molecular complexity index is 1090. The van der Waals surface area contributed by atoms with Crippen LogP contribution in [0.4, 0.5) is 0 Å². The number of nitrogens with one attached hydrogen (secondary N) is 1. The van der Waals surface area contributed by atoms with E-state index in [1.807, 2.05) is 43.3 Å². The number of benzene rings is 3. The molecule has 0 atom stereocenters. The number of hydrogen-bond donors (Lipinski definition) is 2. The highest BCUT2D eigenvalue weighted by molar-refractivity contribution is 6.21. The van der Waals surface area contributed by atoms with E-state index in [0.29, 0.717) is 24.2 Å². The third-order valence-corrected chi connectivity index (χ3v) is 5.51. The number of nitrogens with zero attached hydrogens (tertiary/aromatic N) is 1. The van der Waals surface area contributed by atoms with Crippen LogP contribution in [0.25, 0.3) is 11.1 Å². The highest BCUT2D eigenvalue weighted by Crippen LogP contribution is 2.29. The Hall–Kier alpha value is -3.28. The summed E-state index contributed by atoms with van der Waals surface area (Å²) >= 11 is 0. The summed E-state index contributed by atoms with van der Waals surface area (Å²) in [6, 6.07) is 21.4. The molecule has 0 saturated carbocycles. The summed E-state index contributed by atoms with van der Waals surface area (Å²) in [5.41, 5.74) is 6.03. The van der Waals surface area contributed by atoms with Gasteiger partial charge in [0.15, 0.2) is 0 Å². The number of fused-ring (bicyclic) bond motifs is 1. The fourth-order valence-corrected chi connectivity index (χ4v) is 3.86. The van der Waals surface area contributed by atoms with Gasteiger partial charge in [-0.1, -0.05) is 54.6 Å². The third-order valence-electron chi connectivity index (χ3n) is 5.51. The molecule has 0 bridgehead atoms. The maximum Gasteiger partial charge on any atom is 0.261 e. The topological polar surface area (TPSA) is 69.6 Å². The number of carbonyl (C=O) groups is 2. The zero-order valence-electron chi connectivity index (χ0n) is 16.9. The average molecular weight is 400 g/mol. The van der Waals surface area contributed by atoms with Crippen LogP contribution in [0, 0.1) is 6.92 Å². The lowest BCUT2D eigenvalue weighted by molar-refractivity contribution is 0.0642. The van der Waals surface area contributed by atoms with Gasteiger partial charge in [-0.15, -0.1) is 0 Å². The molecule has 0 unspecified atom stereocenters. The lowest BCUT2D eigenvalue weighted by Gasteiger charge is -2.17. The Balaban J connectivity index is 1.58. The number of imide groups is 1. The van der Waals surface area contributed by atoms with Crippen LogP contribution < -0.4 is 5.32 Å². The molecule has 2 N–H and O–H groups in total. The summed E-state index contributed by atoms with van der Waals surface area (Å²) in [4.78, 5) is 27.2. The molecule has 30 heavy (non-hydrogen) atoms. The predicted octanol–water partition coefficient (Wildman–Crippen LogP) is 3.54. The third kappa shape index (κ3) is 3.77. The highest BCUT2D eigenvalue weighted by atomic mass is 16.3. The van der Waals surface area contributed by atoms with Crippen LogP contribution in [-0.4, -0.2) is 35.0 Å². The zero-order valence-corrected chi connectivity index (χ0v) is 16.9. The van der Waals surface area contributed by atoms with E-state index in [4.69, 9.17) is 5.11 Å². The van der Waals surface area contributed by atoms with Crippen molar-refractivity contribution in [1.29, 1.82) is 0 Å². The number of amides is 2. The van der Waals surface area contributed by atoms with Gasteiger partial charge in [0.1, 0.15) is 0 Å². The van der Waals surface area contributed by atoms with Crippen LogP contribution in [0.3, 0.4) is 0 Å². The Morgan fingerprint density at radius 1 is 0.867 bits per heavy atom. The minimum atomic E-state index is -0.261. The molecule has 1 aliphatic rings. The second-order valence-electron chi connectivity index (χ2n) is 7.43. The van der Waals surface area contributed by atoms with E-state index in [2.05, 4.69) is 23.5 Å². The molecule has 3 aromatic carbocycles. The molecule has 1 heterocycles. The summed E-state index contributed by atoms with van der Waals surface area (Å²) in [5, 5.41) is 12.0. The van der Waals surface area contributed by atoms with Crippen LogP contribution in [0.15, 0.2) is 66.7 Å². The summed E-state index contributed by atoms with van der Waals surface area (Å²) in [6.07, 6.45) is 0. The minimum Gasteiger partial charge on any atom is -0.395 e. The van der Waals surface area contributed by atoms with E-state index in [0.717, 1.165) is 27.8 Å². The Labute approximate surface area is 176 Å². The number of hydrogen-bond acceptors (Lipinski definition) is 4. The predicted molar refractivity (Wildman–Crippen MR) is 116 cm³/mol. The first-order valence-corrected chi connectivity index (χ1v) is 10.0. The van der Waals surface area contributed by atoms with Crippen molar-refractivity contribution in [2.45, 2.75) is 20.0 Å². The molecule has 5 heteroatoms. The number of aliphatic hydroxyl groups excluding tert-OH is 1. The normalized spacial score (nSPS) is 13.1. The SMILES string of the molecule is Cc1c(CN2C(=O)c3ccc(CNCCO)cc3C2=O)cccc1-c1ccccc1. The zero-order chi connectivity index (χ0) is 21.1. The monoisotopic (exact) mass is 400 g/mol. The van der Waals surface area contributed by atoms with E-state index < -0.39 is 0 Å². The molecular weight excluding hydrogens is 376 g/mol. The smallest absolute Gasteiger partial charge is 0.261 e. The molecular formula is C25H24N2O3. The Kier molecular flexibility index (Phi) is 5.74. The van der Waals surface area contributed by atoms with Gasteiger partial charge in [-0.3, -0.25) is 14.5 Å². The average Bonchev–Trinajstić information content (AvgIpc) is 3.00. The summed E-state index contributed by atoms with van der Waals surface area (Å²) < 4.78 is 0. The van der Waals surface area contributed by atoms with Crippen molar-refractivity contribution < 1.29 is 14.7 Å². The van der Waals surface area contributed by atoms with E-state index in [9.17, 15) is 9.59 Å². The van der Waals surface area contributed by atoms with E-state index >= 15 is 0 Å². The highest BCUT2D eigenvalue weighted by Gasteiger charge is 2.35. The fourth-order valence-electron chi connectivity index (χ4n) is 3.86. The van der Waals surface area contributed by atoms with Gasteiger partial charge in [-0.25, -0.2) is 0 Å². The van der Waals surface area contributed by atoms with Crippen molar-refractivity contribution in [1.82, 2.24) is 10.2 Å². The van der Waals surface area contributed by atoms with Gasteiger partial charge >= 0.3 is 0 Å². The van der Waals surface area contributed by atoms with Gasteiger partial charge in [0.2, 0.25) is 0 Å². The van der Waals surface area contributed by atoms with Gasteiger partial charge in [-0.05, 0) is 46.9 Å². The molecule has 152 valence electrons. The molecule has 0 saturated heterocycles. The first-order valence-electron chi connectivity index (χ1n) is 10.0. The molecule has 0 spiro atoms. The van der Waals surface area contributed by atoms with Crippen molar-refractivity contribution in [3.05, 3.63) is 94.5 Å². The number of rotatable bonds is 7. The van der Waals surface area contributed by atoms with Crippen molar-refractivity contribution >= 4 is 11.8 Å². The summed E-state index contributed by atoms with van der Waals surface area (Å²) in [7, 11) is 0. The van der Waals surface area contributed by atoms with Gasteiger partial charge in [0.25, 0.3) is 11.8 Å². The van der Waals surface area contributed by atoms with Gasteiger partial charge in [0, 0.05) is 13.1 Å². The van der Waals surface area contributed by atoms with Crippen molar-refractivity contribution in [2.24, 2.45) is 0 Å². The largest absolute Gasteiger partial charge is 0.395 e. The quantitative estimate of drug-likeness (QED) is 0.470. The van der Waals surface area contributed by atoms with Gasteiger partial charge in [0.05, 0.1) is 24.3 Å². The van der Waals surface area contributed by atoms with Crippen LogP contribution in [0.1, 0.15) is 37.4 Å². The van der Waals surface area contributed by atoms with Gasteiger partial charge in [-0.2, -0.15) is 0 Å². The van der Waals surface area contributed by atoms with Crippen molar-refractivity contribution in [3.8, 4) is 11.1 Å². The summed E-state index contributed by atoms with van der Waals surface area (Å²) in [5.74, 6) is -0.516.